The number of carbonyl (C=O) groups is 1. The normalized spacial score (nSPS) is 13.9. The first-order chi connectivity index (χ1) is 19.5. The Morgan fingerprint density at radius 3 is 2.17 bits per heavy atom. The molecule has 5 aromatic rings. The third-order valence-corrected chi connectivity index (χ3v) is 7.15. The van der Waals surface area contributed by atoms with Crippen LogP contribution in [0.4, 0.5) is 17.2 Å². The molecule has 0 saturated carbocycles. The van der Waals surface area contributed by atoms with Gasteiger partial charge in [0.2, 0.25) is 11.6 Å². The van der Waals surface area contributed by atoms with Crippen molar-refractivity contribution in [2.24, 2.45) is 0 Å². The maximum Gasteiger partial charge on any atom is 0.355 e. The molecule has 0 spiro atoms. The van der Waals surface area contributed by atoms with Crippen molar-refractivity contribution in [3.05, 3.63) is 102 Å². The highest BCUT2D eigenvalue weighted by atomic mass is 16.2. The molecule has 3 aromatic carbocycles. The van der Waals surface area contributed by atoms with E-state index in [1.54, 1.807) is 18.3 Å². The number of nitrogen functional groups attached to an aromatic ring is 1. The van der Waals surface area contributed by atoms with Crippen LogP contribution in [0.2, 0.25) is 0 Å². The van der Waals surface area contributed by atoms with Crippen molar-refractivity contribution in [2.45, 2.75) is 6.42 Å². The SMILES string of the molecule is Nc1nc(-c2ccc(NC(=O)CCN3CCN(c4ccccc4)CC3)cc2)cn2c(=O)n(-c3ccccc3)nc12. The van der Waals surface area contributed by atoms with E-state index in [0.717, 1.165) is 38.3 Å². The molecule has 0 unspecified atom stereocenters. The Morgan fingerprint density at radius 2 is 1.50 bits per heavy atom. The number of para-hydroxylation sites is 2. The Kier molecular flexibility index (Phi) is 6.98. The molecule has 0 aliphatic carbocycles. The number of carbonyl (C=O) groups excluding carboxylic acids is 1. The lowest BCUT2D eigenvalue weighted by molar-refractivity contribution is -0.116. The molecule has 3 heterocycles. The van der Waals surface area contributed by atoms with Crippen LogP contribution >= 0.6 is 0 Å². The second-order valence-corrected chi connectivity index (χ2v) is 9.77. The Bertz CT molecular complexity index is 1670. The smallest absolute Gasteiger partial charge is 0.355 e. The predicted octanol–water partition coefficient (Wildman–Crippen LogP) is 3.28. The number of anilines is 3. The van der Waals surface area contributed by atoms with Gasteiger partial charge < -0.3 is 16.0 Å². The Hall–Kier alpha value is -4.96. The van der Waals surface area contributed by atoms with Crippen molar-refractivity contribution < 1.29 is 4.79 Å². The van der Waals surface area contributed by atoms with E-state index in [4.69, 9.17) is 5.73 Å². The van der Waals surface area contributed by atoms with Gasteiger partial charge in [-0.05, 0) is 36.4 Å². The molecule has 1 aliphatic rings. The van der Waals surface area contributed by atoms with Gasteiger partial charge in [-0.1, -0.05) is 48.5 Å². The van der Waals surface area contributed by atoms with Crippen molar-refractivity contribution >= 4 is 28.7 Å². The average Bonchev–Trinajstić information content (AvgIpc) is 3.34. The van der Waals surface area contributed by atoms with E-state index in [9.17, 15) is 9.59 Å². The van der Waals surface area contributed by atoms with E-state index in [0.29, 0.717) is 29.1 Å². The summed E-state index contributed by atoms with van der Waals surface area (Å²) in [6, 6.07) is 26.9. The molecule has 202 valence electrons. The number of nitrogens with two attached hydrogens (primary N) is 1. The largest absolute Gasteiger partial charge is 0.381 e. The summed E-state index contributed by atoms with van der Waals surface area (Å²) in [5.74, 6) is 0.133. The molecular formula is C30H30N8O2. The van der Waals surface area contributed by atoms with Crippen molar-refractivity contribution in [1.29, 1.82) is 0 Å². The van der Waals surface area contributed by atoms with Crippen LogP contribution in [-0.2, 0) is 4.79 Å². The Morgan fingerprint density at radius 1 is 0.850 bits per heavy atom. The molecule has 1 amide bonds. The van der Waals surface area contributed by atoms with Crippen LogP contribution < -0.4 is 21.6 Å². The second kappa shape index (κ2) is 11.0. The fourth-order valence-electron chi connectivity index (χ4n) is 4.95. The van der Waals surface area contributed by atoms with E-state index in [-0.39, 0.29) is 17.4 Å². The second-order valence-electron chi connectivity index (χ2n) is 9.77. The molecule has 2 aromatic heterocycles. The third-order valence-electron chi connectivity index (χ3n) is 7.15. The Balaban J connectivity index is 1.07. The number of rotatable bonds is 7. The molecule has 3 N–H and O–H groups in total. The summed E-state index contributed by atoms with van der Waals surface area (Å²) in [5, 5.41) is 7.34. The molecule has 1 saturated heterocycles. The number of benzene rings is 3. The van der Waals surface area contributed by atoms with Crippen LogP contribution in [0.1, 0.15) is 6.42 Å². The number of nitrogens with zero attached hydrogens (tertiary/aromatic N) is 6. The zero-order chi connectivity index (χ0) is 27.5. The lowest BCUT2D eigenvalue weighted by atomic mass is 10.1. The lowest BCUT2D eigenvalue weighted by Crippen LogP contribution is -2.47. The standard InChI is InChI=1S/C30H30N8O2/c31-28-29-34-38(25-9-5-2-6-10-25)30(40)37(29)21-26(33-28)22-11-13-23(14-12-22)32-27(39)15-16-35-17-19-36(20-18-35)24-7-3-1-4-8-24/h1-14,21H,15-20H2,(H2,31,33)(H,32,39). The third kappa shape index (κ3) is 5.29. The minimum absolute atomic E-state index is 0.0260. The van der Waals surface area contributed by atoms with E-state index in [2.05, 4.69) is 49.5 Å². The van der Waals surface area contributed by atoms with E-state index in [1.807, 2.05) is 48.5 Å². The number of hydrogen-bond acceptors (Lipinski definition) is 7. The highest BCUT2D eigenvalue weighted by molar-refractivity contribution is 5.91. The van der Waals surface area contributed by atoms with Gasteiger partial charge in [0.05, 0.1) is 11.4 Å². The van der Waals surface area contributed by atoms with Crippen LogP contribution in [0.5, 0.6) is 0 Å². The van der Waals surface area contributed by atoms with Gasteiger partial charge in [0.1, 0.15) is 0 Å². The van der Waals surface area contributed by atoms with Gasteiger partial charge >= 0.3 is 5.69 Å². The van der Waals surface area contributed by atoms with Crippen molar-refractivity contribution in [3.63, 3.8) is 0 Å². The van der Waals surface area contributed by atoms with Crippen LogP contribution in [-0.4, -0.2) is 62.7 Å². The van der Waals surface area contributed by atoms with Gasteiger partial charge in [0, 0.05) is 62.3 Å². The summed E-state index contributed by atoms with van der Waals surface area (Å²) in [6.45, 7) is 4.50. The summed E-state index contributed by atoms with van der Waals surface area (Å²) < 4.78 is 2.71. The first kappa shape index (κ1) is 25.3. The van der Waals surface area contributed by atoms with Gasteiger partial charge in [0.15, 0.2) is 5.82 Å². The van der Waals surface area contributed by atoms with Crippen LogP contribution in [0, 0.1) is 0 Å². The lowest BCUT2D eigenvalue weighted by Gasteiger charge is -2.36. The van der Waals surface area contributed by atoms with Gasteiger partial charge in [-0.25, -0.2) is 14.2 Å². The summed E-state index contributed by atoms with van der Waals surface area (Å²) in [7, 11) is 0. The molecular weight excluding hydrogens is 504 g/mol. The number of aromatic nitrogens is 4. The number of amides is 1. The minimum Gasteiger partial charge on any atom is -0.381 e. The number of fused-ring (bicyclic) bond motifs is 1. The molecule has 10 nitrogen and oxygen atoms in total. The monoisotopic (exact) mass is 534 g/mol. The zero-order valence-electron chi connectivity index (χ0n) is 22.0. The first-order valence-corrected chi connectivity index (χ1v) is 13.3. The minimum atomic E-state index is -0.332. The predicted molar refractivity (Wildman–Crippen MR) is 157 cm³/mol. The van der Waals surface area contributed by atoms with Gasteiger partial charge in [-0.3, -0.25) is 9.69 Å². The Labute approximate surface area is 231 Å². The van der Waals surface area contributed by atoms with Crippen molar-refractivity contribution in [2.75, 3.05) is 48.7 Å². The molecule has 6 rings (SSSR count). The average molecular weight is 535 g/mol. The van der Waals surface area contributed by atoms with E-state index >= 15 is 0 Å². The van der Waals surface area contributed by atoms with Crippen molar-refractivity contribution in [1.82, 2.24) is 24.1 Å². The van der Waals surface area contributed by atoms with Crippen LogP contribution in [0.15, 0.2) is 95.9 Å². The fourth-order valence-corrected chi connectivity index (χ4v) is 4.95. The quantitative estimate of drug-likeness (QED) is 0.329. The van der Waals surface area contributed by atoms with Crippen molar-refractivity contribution in [3.8, 4) is 16.9 Å². The molecule has 10 heteroatoms. The number of nitrogens with one attached hydrogen (secondary N) is 1. The molecule has 0 atom stereocenters. The summed E-state index contributed by atoms with van der Waals surface area (Å²) in [4.78, 5) is 34.8. The molecule has 1 fully saturated rings. The number of hydrogen-bond donors (Lipinski definition) is 2. The van der Waals surface area contributed by atoms with E-state index in [1.165, 1.54) is 14.8 Å². The molecule has 0 bridgehead atoms. The topological polar surface area (TPSA) is 114 Å². The highest BCUT2D eigenvalue weighted by Crippen LogP contribution is 2.22. The van der Waals surface area contributed by atoms with Crippen LogP contribution in [0.25, 0.3) is 22.6 Å². The van der Waals surface area contributed by atoms with Gasteiger partial charge in [0.25, 0.3) is 0 Å². The van der Waals surface area contributed by atoms with Gasteiger partial charge in [-0.15, -0.1) is 5.10 Å². The van der Waals surface area contributed by atoms with E-state index < -0.39 is 0 Å². The summed E-state index contributed by atoms with van der Waals surface area (Å²) in [6.07, 6.45) is 2.06. The van der Waals surface area contributed by atoms with Crippen LogP contribution in [0.3, 0.4) is 0 Å². The highest BCUT2D eigenvalue weighted by Gasteiger charge is 2.18. The van der Waals surface area contributed by atoms with Gasteiger partial charge in [-0.2, -0.15) is 4.68 Å². The number of piperazine rings is 1. The first-order valence-electron chi connectivity index (χ1n) is 13.3. The summed E-state index contributed by atoms with van der Waals surface area (Å²) in [5.41, 5.74) is 10.0. The zero-order valence-corrected chi connectivity index (χ0v) is 22.0. The molecule has 0 radical (unpaired) electrons. The maximum atomic E-state index is 13.0. The maximum absolute atomic E-state index is 13.0. The molecule has 1 aliphatic heterocycles. The summed E-state index contributed by atoms with van der Waals surface area (Å²) >= 11 is 0. The fraction of sp³-hybridized carbons (Fsp3) is 0.200. The molecule has 40 heavy (non-hydrogen) atoms.